The molecule has 0 aliphatic rings. The molecule has 0 saturated carbocycles. The molecule has 0 saturated heterocycles. The third-order valence-corrected chi connectivity index (χ3v) is 6.98. The summed E-state index contributed by atoms with van der Waals surface area (Å²) in [6.45, 7) is 5.90. The van der Waals surface area contributed by atoms with Crippen LogP contribution in [0.3, 0.4) is 0 Å². The number of nitrogens with zero attached hydrogens (tertiary/aromatic N) is 2. The van der Waals surface area contributed by atoms with Crippen molar-refractivity contribution >= 4 is 11.4 Å². The summed E-state index contributed by atoms with van der Waals surface area (Å²) < 4.78 is 11.6. The molecular weight excluding hydrogens is 488 g/mol. The van der Waals surface area contributed by atoms with Crippen molar-refractivity contribution in [3.05, 3.63) is 59.7 Å². The van der Waals surface area contributed by atoms with Gasteiger partial charge in [0.05, 0.1) is 24.6 Å². The monoisotopic (exact) mass is 538 g/mol. The van der Waals surface area contributed by atoms with Gasteiger partial charge in [0.25, 0.3) is 0 Å². The molecule has 0 bridgehead atoms. The first kappa shape index (κ1) is 32.2. The van der Waals surface area contributed by atoms with Gasteiger partial charge in [0.2, 0.25) is 0 Å². The quantitative estimate of drug-likeness (QED) is 0.0677. The average molecular weight is 539 g/mol. The van der Waals surface area contributed by atoms with Gasteiger partial charge in [0, 0.05) is 0 Å². The average Bonchev–Trinajstić information content (AvgIpc) is 2.97. The zero-order valence-electron chi connectivity index (χ0n) is 24.2. The fourth-order valence-electron chi connectivity index (χ4n) is 4.54. The SMILES string of the molecule is CCCCCCOc1ccc(C(CCCCCCCC(=NO)c2ccc(OCCCCCC)cc2)=NO)cc1. The second kappa shape index (κ2) is 20.9. The minimum absolute atomic E-state index is 0.715. The van der Waals surface area contributed by atoms with Crippen molar-refractivity contribution in [1.82, 2.24) is 0 Å². The van der Waals surface area contributed by atoms with Crippen molar-refractivity contribution in [3.63, 3.8) is 0 Å². The van der Waals surface area contributed by atoms with E-state index in [0.717, 1.165) is 93.6 Å². The number of benzene rings is 2. The van der Waals surface area contributed by atoms with Crippen molar-refractivity contribution in [1.29, 1.82) is 0 Å². The normalized spacial score (nSPS) is 12.1. The van der Waals surface area contributed by atoms with Crippen LogP contribution in [0, 0.1) is 0 Å². The van der Waals surface area contributed by atoms with E-state index in [0.29, 0.717) is 11.4 Å². The van der Waals surface area contributed by atoms with Crippen LogP contribution in [-0.4, -0.2) is 35.1 Å². The van der Waals surface area contributed by atoms with Gasteiger partial charge >= 0.3 is 0 Å². The molecular formula is C33H50N2O4. The van der Waals surface area contributed by atoms with E-state index >= 15 is 0 Å². The van der Waals surface area contributed by atoms with Crippen molar-refractivity contribution in [2.45, 2.75) is 110 Å². The van der Waals surface area contributed by atoms with E-state index in [1.54, 1.807) is 0 Å². The van der Waals surface area contributed by atoms with Gasteiger partial charge in [0.1, 0.15) is 11.5 Å². The fraction of sp³-hybridized carbons (Fsp3) is 0.576. The molecule has 0 radical (unpaired) electrons. The van der Waals surface area contributed by atoms with Crippen LogP contribution in [-0.2, 0) is 0 Å². The van der Waals surface area contributed by atoms with Crippen LogP contribution in [0.2, 0.25) is 0 Å². The van der Waals surface area contributed by atoms with E-state index in [1.807, 2.05) is 48.5 Å². The van der Waals surface area contributed by atoms with Gasteiger partial charge in [-0.25, -0.2) is 0 Å². The number of oxime groups is 2. The molecule has 2 rings (SSSR count). The lowest BCUT2D eigenvalue weighted by Gasteiger charge is -2.09. The lowest BCUT2D eigenvalue weighted by atomic mass is 10.0. The van der Waals surface area contributed by atoms with E-state index < -0.39 is 0 Å². The largest absolute Gasteiger partial charge is 0.494 e. The first-order valence-corrected chi connectivity index (χ1v) is 15.1. The van der Waals surface area contributed by atoms with Gasteiger partial charge in [-0.05, 0) is 98.2 Å². The Balaban J connectivity index is 1.61. The Kier molecular flexibility index (Phi) is 17.2. The predicted molar refractivity (Wildman–Crippen MR) is 161 cm³/mol. The maximum Gasteiger partial charge on any atom is 0.119 e. The van der Waals surface area contributed by atoms with E-state index in [9.17, 15) is 10.4 Å². The van der Waals surface area contributed by atoms with Crippen LogP contribution in [0.5, 0.6) is 11.5 Å². The van der Waals surface area contributed by atoms with Gasteiger partial charge in [-0.1, -0.05) is 81.9 Å². The first-order chi connectivity index (χ1) is 19.2. The molecule has 0 amide bonds. The van der Waals surface area contributed by atoms with E-state index in [1.165, 1.54) is 38.5 Å². The van der Waals surface area contributed by atoms with Crippen LogP contribution in [0.4, 0.5) is 0 Å². The second-order valence-electron chi connectivity index (χ2n) is 10.2. The maximum absolute atomic E-state index is 9.51. The van der Waals surface area contributed by atoms with Gasteiger partial charge < -0.3 is 19.9 Å². The van der Waals surface area contributed by atoms with Gasteiger partial charge in [-0.2, -0.15) is 0 Å². The molecule has 0 aromatic heterocycles. The van der Waals surface area contributed by atoms with Crippen molar-refractivity contribution in [3.8, 4) is 11.5 Å². The molecule has 39 heavy (non-hydrogen) atoms. The van der Waals surface area contributed by atoms with E-state index in [4.69, 9.17) is 9.47 Å². The molecule has 0 atom stereocenters. The molecule has 0 unspecified atom stereocenters. The summed E-state index contributed by atoms with van der Waals surface area (Å²) in [4.78, 5) is 0. The topological polar surface area (TPSA) is 83.6 Å². The van der Waals surface area contributed by atoms with Crippen molar-refractivity contribution in [2.75, 3.05) is 13.2 Å². The lowest BCUT2D eigenvalue weighted by Crippen LogP contribution is -2.03. The minimum atomic E-state index is 0.715. The summed E-state index contributed by atoms with van der Waals surface area (Å²) in [7, 11) is 0. The fourth-order valence-corrected chi connectivity index (χ4v) is 4.54. The van der Waals surface area contributed by atoms with E-state index in [-0.39, 0.29) is 0 Å². The number of hydrogen-bond acceptors (Lipinski definition) is 6. The molecule has 216 valence electrons. The summed E-state index contributed by atoms with van der Waals surface area (Å²) in [5.41, 5.74) is 3.31. The number of hydrogen-bond donors (Lipinski definition) is 2. The second-order valence-corrected chi connectivity index (χ2v) is 10.2. The Morgan fingerprint density at radius 2 is 0.872 bits per heavy atom. The zero-order valence-corrected chi connectivity index (χ0v) is 24.2. The summed E-state index contributed by atoms with van der Waals surface area (Å²) in [5, 5.41) is 26.1. The molecule has 2 aromatic rings. The summed E-state index contributed by atoms with van der Waals surface area (Å²) in [6, 6.07) is 15.7. The number of rotatable bonds is 22. The third-order valence-electron chi connectivity index (χ3n) is 6.98. The van der Waals surface area contributed by atoms with Gasteiger partial charge in [0.15, 0.2) is 0 Å². The lowest BCUT2D eigenvalue weighted by molar-refractivity contribution is 0.305. The Morgan fingerprint density at radius 1 is 0.513 bits per heavy atom. The number of unbranched alkanes of at least 4 members (excludes halogenated alkanes) is 10. The molecule has 0 aliphatic heterocycles. The highest BCUT2D eigenvalue weighted by Gasteiger charge is 2.07. The van der Waals surface area contributed by atoms with Gasteiger partial charge in [-0.15, -0.1) is 0 Å². The molecule has 0 heterocycles. The molecule has 6 heteroatoms. The van der Waals surface area contributed by atoms with Crippen molar-refractivity contribution < 1.29 is 19.9 Å². The molecule has 6 nitrogen and oxygen atoms in total. The van der Waals surface area contributed by atoms with Crippen molar-refractivity contribution in [2.24, 2.45) is 10.3 Å². The molecule has 2 aromatic carbocycles. The van der Waals surface area contributed by atoms with Crippen LogP contribution in [0.1, 0.15) is 121 Å². The van der Waals surface area contributed by atoms with E-state index in [2.05, 4.69) is 24.2 Å². The summed E-state index contributed by atoms with van der Waals surface area (Å²) in [5.74, 6) is 1.72. The van der Waals surface area contributed by atoms with Crippen LogP contribution in [0.25, 0.3) is 0 Å². The predicted octanol–water partition coefficient (Wildman–Crippen LogP) is 9.39. The first-order valence-electron chi connectivity index (χ1n) is 15.1. The smallest absolute Gasteiger partial charge is 0.119 e. The molecule has 0 aliphatic carbocycles. The standard InChI is InChI=1S/C33H50N2O4/c1-3-5-7-14-26-38-30-22-18-28(19-23-30)32(34-36)16-12-10-9-11-13-17-33(35-37)29-20-24-31(25-21-29)39-27-15-8-6-4-2/h18-25,36-37H,3-17,26-27H2,1-2H3. The summed E-state index contributed by atoms with van der Waals surface area (Å²) in [6.07, 6.45) is 16.1. The Bertz CT molecular complexity index is 862. The van der Waals surface area contributed by atoms with Crippen LogP contribution in [0.15, 0.2) is 58.8 Å². The Morgan fingerprint density at radius 3 is 1.23 bits per heavy atom. The molecule has 2 N–H and O–H groups in total. The Labute approximate surface area is 236 Å². The molecule has 0 fully saturated rings. The third kappa shape index (κ3) is 13.6. The van der Waals surface area contributed by atoms with Crippen LogP contribution >= 0.6 is 0 Å². The zero-order chi connectivity index (χ0) is 28.0. The Hall–Kier alpha value is -3.02. The minimum Gasteiger partial charge on any atom is -0.494 e. The highest BCUT2D eigenvalue weighted by molar-refractivity contribution is 6.00. The summed E-state index contributed by atoms with van der Waals surface area (Å²) >= 11 is 0. The number of ether oxygens (including phenoxy) is 2. The highest BCUT2D eigenvalue weighted by atomic mass is 16.5. The highest BCUT2D eigenvalue weighted by Crippen LogP contribution is 2.19. The van der Waals surface area contributed by atoms with Crippen LogP contribution < -0.4 is 9.47 Å². The maximum atomic E-state index is 9.51. The van der Waals surface area contributed by atoms with Gasteiger partial charge in [-0.3, -0.25) is 0 Å². The molecule has 0 spiro atoms.